The van der Waals surface area contributed by atoms with Crippen LogP contribution < -0.4 is 5.32 Å². The van der Waals surface area contributed by atoms with Crippen molar-refractivity contribution >= 4 is 0 Å². The molecule has 0 aliphatic carbocycles. The lowest BCUT2D eigenvalue weighted by Gasteiger charge is -2.12. The van der Waals surface area contributed by atoms with E-state index >= 15 is 0 Å². The molecule has 1 unspecified atom stereocenters. The van der Waals surface area contributed by atoms with Crippen LogP contribution in [0.3, 0.4) is 0 Å². The van der Waals surface area contributed by atoms with E-state index in [0.29, 0.717) is 0 Å². The Labute approximate surface area is 101 Å². The highest BCUT2D eigenvalue weighted by Crippen LogP contribution is 2.06. The van der Waals surface area contributed by atoms with Gasteiger partial charge in [0.1, 0.15) is 12.2 Å². The SMILES string of the molecule is CC(NCCc1ccccn1)c1nncn1C. The molecule has 5 heteroatoms. The lowest BCUT2D eigenvalue weighted by molar-refractivity contribution is 0.530. The fourth-order valence-corrected chi connectivity index (χ4v) is 1.74. The van der Waals surface area contributed by atoms with Crippen LogP contribution in [0.15, 0.2) is 30.7 Å². The van der Waals surface area contributed by atoms with Crippen molar-refractivity contribution in [1.82, 2.24) is 25.1 Å². The second-order valence-corrected chi connectivity index (χ2v) is 4.05. The maximum Gasteiger partial charge on any atom is 0.149 e. The van der Waals surface area contributed by atoms with Gasteiger partial charge in [0.25, 0.3) is 0 Å². The zero-order valence-electron chi connectivity index (χ0n) is 10.2. The van der Waals surface area contributed by atoms with Gasteiger partial charge in [-0.1, -0.05) is 6.07 Å². The highest BCUT2D eigenvalue weighted by Gasteiger charge is 2.09. The van der Waals surface area contributed by atoms with Gasteiger partial charge in [-0.2, -0.15) is 0 Å². The molecule has 0 saturated carbocycles. The molecular formula is C12H17N5. The molecule has 1 N–H and O–H groups in total. The van der Waals surface area contributed by atoms with Gasteiger partial charge in [-0.15, -0.1) is 10.2 Å². The summed E-state index contributed by atoms with van der Waals surface area (Å²) in [4.78, 5) is 4.28. The Morgan fingerprint density at radius 1 is 1.41 bits per heavy atom. The second-order valence-electron chi connectivity index (χ2n) is 4.05. The molecule has 2 aromatic rings. The lowest BCUT2D eigenvalue weighted by atomic mass is 10.2. The van der Waals surface area contributed by atoms with Crippen molar-refractivity contribution in [1.29, 1.82) is 0 Å². The molecule has 0 aliphatic heterocycles. The molecule has 0 spiro atoms. The molecule has 0 amide bonds. The molecular weight excluding hydrogens is 214 g/mol. The van der Waals surface area contributed by atoms with E-state index < -0.39 is 0 Å². The van der Waals surface area contributed by atoms with E-state index in [1.165, 1.54) is 0 Å². The van der Waals surface area contributed by atoms with E-state index in [2.05, 4.69) is 27.4 Å². The normalized spacial score (nSPS) is 12.6. The Morgan fingerprint density at radius 2 is 2.29 bits per heavy atom. The predicted octanol–water partition coefficient (Wildman–Crippen LogP) is 1.10. The van der Waals surface area contributed by atoms with Crippen molar-refractivity contribution in [2.75, 3.05) is 6.54 Å². The van der Waals surface area contributed by atoms with Gasteiger partial charge in [-0.25, -0.2) is 0 Å². The van der Waals surface area contributed by atoms with E-state index in [4.69, 9.17) is 0 Å². The van der Waals surface area contributed by atoms with Crippen LogP contribution in [0.1, 0.15) is 24.5 Å². The minimum atomic E-state index is 0.200. The third-order valence-corrected chi connectivity index (χ3v) is 2.69. The topological polar surface area (TPSA) is 55.6 Å². The maximum absolute atomic E-state index is 4.28. The van der Waals surface area contributed by atoms with Crippen LogP contribution >= 0.6 is 0 Å². The first-order chi connectivity index (χ1) is 8.27. The number of nitrogens with zero attached hydrogens (tertiary/aromatic N) is 4. The summed E-state index contributed by atoms with van der Waals surface area (Å²) in [6.45, 7) is 2.97. The minimum Gasteiger partial charge on any atom is -0.319 e. The first kappa shape index (κ1) is 11.7. The zero-order chi connectivity index (χ0) is 12.1. The molecule has 2 rings (SSSR count). The molecule has 0 aromatic carbocycles. The number of hydrogen-bond donors (Lipinski definition) is 1. The monoisotopic (exact) mass is 231 g/mol. The summed E-state index contributed by atoms with van der Waals surface area (Å²) >= 11 is 0. The fourth-order valence-electron chi connectivity index (χ4n) is 1.74. The van der Waals surface area contributed by atoms with Crippen LogP contribution in [0, 0.1) is 0 Å². The smallest absolute Gasteiger partial charge is 0.149 e. The summed E-state index contributed by atoms with van der Waals surface area (Å²) in [5.74, 6) is 0.950. The van der Waals surface area contributed by atoms with Crippen molar-refractivity contribution < 1.29 is 0 Å². The van der Waals surface area contributed by atoms with Crippen LogP contribution in [0.25, 0.3) is 0 Å². The van der Waals surface area contributed by atoms with E-state index in [0.717, 1.165) is 24.5 Å². The zero-order valence-corrected chi connectivity index (χ0v) is 10.2. The molecule has 2 aromatic heterocycles. The number of pyridine rings is 1. The second kappa shape index (κ2) is 5.54. The van der Waals surface area contributed by atoms with Gasteiger partial charge in [0.15, 0.2) is 0 Å². The summed E-state index contributed by atoms with van der Waals surface area (Å²) in [5, 5.41) is 11.4. The average Bonchev–Trinajstić information content (AvgIpc) is 2.77. The molecule has 0 aliphatic rings. The average molecular weight is 231 g/mol. The summed E-state index contributed by atoms with van der Waals surface area (Å²) < 4.78 is 1.93. The number of rotatable bonds is 5. The molecule has 0 saturated heterocycles. The van der Waals surface area contributed by atoms with Gasteiger partial charge >= 0.3 is 0 Å². The number of aryl methyl sites for hydroxylation is 1. The highest BCUT2D eigenvalue weighted by molar-refractivity contribution is 5.04. The number of nitrogens with one attached hydrogen (secondary N) is 1. The van der Waals surface area contributed by atoms with Crippen molar-refractivity contribution in [3.63, 3.8) is 0 Å². The minimum absolute atomic E-state index is 0.200. The molecule has 5 nitrogen and oxygen atoms in total. The first-order valence-electron chi connectivity index (χ1n) is 5.74. The van der Waals surface area contributed by atoms with E-state index in [-0.39, 0.29) is 6.04 Å². The van der Waals surface area contributed by atoms with E-state index in [1.807, 2.05) is 36.0 Å². The van der Waals surface area contributed by atoms with Crippen molar-refractivity contribution in [2.45, 2.75) is 19.4 Å². The molecule has 17 heavy (non-hydrogen) atoms. The Balaban J connectivity index is 1.81. The summed E-state index contributed by atoms with van der Waals surface area (Å²) in [6, 6.07) is 6.17. The van der Waals surface area contributed by atoms with Gasteiger partial charge < -0.3 is 9.88 Å². The highest BCUT2D eigenvalue weighted by atomic mass is 15.3. The Morgan fingerprint density at radius 3 is 2.94 bits per heavy atom. The predicted molar refractivity (Wildman–Crippen MR) is 65.4 cm³/mol. The molecule has 2 heterocycles. The van der Waals surface area contributed by atoms with E-state index in [1.54, 1.807) is 6.33 Å². The number of hydrogen-bond acceptors (Lipinski definition) is 4. The fraction of sp³-hybridized carbons (Fsp3) is 0.417. The van der Waals surface area contributed by atoms with Gasteiger partial charge in [0.2, 0.25) is 0 Å². The summed E-state index contributed by atoms with van der Waals surface area (Å²) in [7, 11) is 1.95. The lowest BCUT2D eigenvalue weighted by Crippen LogP contribution is -2.24. The standard InChI is InChI=1S/C12H17N5/c1-10(12-16-15-9-17(12)2)13-8-6-11-5-3-4-7-14-11/h3-5,7,9-10,13H,6,8H2,1-2H3. The van der Waals surface area contributed by atoms with Crippen LogP contribution in [-0.4, -0.2) is 26.3 Å². The van der Waals surface area contributed by atoms with Crippen molar-refractivity contribution in [2.24, 2.45) is 7.05 Å². The van der Waals surface area contributed by atoms with Crippen LogP contribution in [0.2, 0.25) is 0 Å². The molecule has 0 fully saturated rings. The van der Waals surface area contributed by atoms with E-state index in [9.17, 15) is 0 Å². The van der Waals surface area contributed by atoms with Gasteiger partial charge in [0, 0.05) is 31.9 Å². The summed E-state index contributed by atoms with van der Waals surface area (Å²) in [6.07, 6.45) is 4.46. The van der Waals surface area contributed by atoms with Crippen LogP contribution in [-0.2, 0) is 13.5 Å². The van der Waals surface area contributed by atoms with Gasteiger partial charge in [-0.05, 0) is 19.1 Å². The molecule has 1 atom stereocenters. The third kappa shape index (κ3) is 3.10. The molecule has 0 radical (unpaired) electrons. The molecule has 0 bridgehead atoms. The molecule has 90 valence electrons. The van der Waals surface area contributed by atoms with Gasteiger partial charge in [-0.3, -0.25) is 4.98 Å². The largest absolute Gasteiger partial charge is 0.319 e. The third-order valence-electron chi connectivity index (χ3n) is 2.69. The quantitative estimate of drug-likeness (QED) is 0.837. The van der Waals surface area contributed by atoms with Crippen LogP contribution in [0.5, 0.6) is 0 Å². The Kier molecular flexibility index (Phi) is 3.82. The summed E-state index contributed by atoms with van der Waals surface area (Å²) in [5.41, 5.74) is 1.10. The first-order valence-corrected chi connectivity index (χ1v) is 5.74. The maximum atomic E-state index is 4.28. The van der Waals surface area contributed by atoms with Crippen molar-refractivity contribution in [3.8, 4) is 0 Å². The Bertz CT molecular complexity index is 451. The number of aromatic nitrogens is 4. The Hall–Kier alpha value is -1.75. The van der Waals surface area contributed by atoms with Crippen molar-refractivity contribution in [3.05, 3.63) is 42.2 Å². The van der Waals surface area contributed by atoms with Crippen LogP contribution in [0.4, 0.5) is 0 Å². The van der Waals surface area contributed by atoms with Gasteiger partial charge in [0.05, 0.1) is 6.04 Å².